The highest BCUT2D eigenvalue weighted by Crippen LogP contribution is 2.21. The second-order valence-corrected chi connectivity index (χ2v) is 9.35. The molecule has 4 aromatic rings. The van der Waals surface area contributed by atoms with Crippen LogP contribution in [-0.2, 0) is 19.3 Å². The lowest BCUT2D eigenvalue weighted by atomic mass is 9.94. The van der Waals surface area contributed by atoms with Crippen LogP contribution in [0.5, 0.6) is 0 Å². The van der Waals surface area contributed by atoms with Crippen molar-refractivity contribution in [1.82, 2.24) is 4.98 Å². The van der Waals surface area contributed by atoms with Gasteiger partial charge in [-0.1, -0.05) is 93.9 Å². The highest BCUT2D eigenvalue weighted by Gasteiger charge is 2.10. The molecular weight excluding hydrogens is 416 g/mol. The number of oxazole rings is 1. The van der Waals surface area contributed by atoms with E-state index >= 15 is 0 Å². The van der Waals surface area contributed by atoms with Crippen LogP contribution in [0.2, 0.25) is 0 Å². The summed E-state index contributed by atoms with van der Waals surface area (Å²) in [6.45, 7) is 7.53. The molecule has 4 rings (SSSR count). The van der Waals surface area contributed by atoms with Crippen molar-refractivity contribution < 1.29 is 4.42 Å². The predicted octanol–water partition coefficient (Wildman–Crippen LogP) is 8.12. The topological polar surface area (TPSA) is 29.3 Å². The molecule has 0 aliphatic carbocycles. The zero-order valence-corrected chi connectivity index (χ0v) is 21.3. The summed E-state index contributed by atoms with van der Waals surface area (Å²) in [6, 6.07) is 28.6. The molecule has 3 aromatic carbocycles. The Balaban J connectivity index is 0.00000103. The van der Waals surface area contributed by atoms with Crippen molar-refractivity contribution in [2.75, 3.05) is 18.5 Å². The Hall–Kier alpha value is -3.07. The van der Waals surface area contributed by atoms with Crippen LogP contribution < -0.4 is 4.90 Å². The van der Waals surface area contributed by atoms with Gasteiger partial charge >= 0.3 is 0 Å². The Bertz CT molecular complexity index is 1050. The van der Waals surface area contributed by atoms with E-state index in [-0.39, 0.29) is 0 Å². The van der Waals surface area contributed by atoms with Gasteiger partial charge in [-0.3, -0.25) is 0 Å². The second kappa shape index (κ2) is 13.6. The summed E-state index contributed by atoms with van der Waals surface area (Å²) in [5.41, 5.74) is 6.03. The smallest absolute Gasteiger partial charge is 0.298 e. The Morgan fingerprint density at radius 1 is 0.794 bits per heavy atom. The van der Waals surface area contributed by atoms with Crippen LogP contribution in [-0.4, -0.2) is 18.6 Å². The minimum absolute atomic E-state index is 0.691. The lowest BCUT2D eigenvalue weighted by molar-refractivity contribution is 0.530. The van der Waals surface area contributed by atoms with Crippen molar-refractivity contribution in [3.8, 4) is 0 Å². The van der Waals surface area contributed by atoms with E-state index in [0.717, 1.165) is 43.3 Å². The number of benzene rings is 3. The molecule has 34 heavy (non-hydrogen) atoms. The maximum Gasteiger partial charge on any atom is 0.298 e. The molecule has 1 atom stereocenters. The van der Waals surface area contributed by atoms with Crippen LogP contribution in [0, 0.1) is 5.92 Å². The van der Waals surface area contributed by atoms with Gasteiger partial charge in [-0.05, 0) is 66.8 Å². The fourth-order valence-electron chi connectivity index (χ4n) is 4.04. The van der Waals surface area contributed by atoms with Crippen LogP contribution in [0.1, 0.15) is 56.7 Å². The lowest BCUT2D eigenvalue weighted by Crippen LogP contribution is -2.19. The van der Waals surface area contributed by atoms with E-state index in [4.69, 9.17) is 4.42 Å². The zero-order chi connectivity index (χ0) is 24.2. The molecular formula is C31H40N2O. The number of rotatable bonds is 10. The van der Waals surface area contributed by atoms with E-state index in [1.165, 1.54) is 29.5 Å². The molecule has 0 amide bonds. The Labute approximate surface area is 205 Å². The van der Waals surface area contributed by atoms with Crippen molar-refractivity contribution in [2.45, 2.75) is 59.3 Å². The summed E-state index contributed by atoms with van der Waals surface area (Å²) in [5, 5.41) is 0. The van der Waals surface area contributed by atoms with Crippen LogP contribution in [0.25, 0.3) is 11.1 Å². The maximum absolute atomic E-state index is 5.85. The van der Waals surface area contributed by atoms with Gasteiger partial charge in [-0.2, -0.15) is 4.98 Å². The van der Waals surface area contributed by atoms with Crippen molar-refractivity contribution in [1.29, 1.82) is 0 Å². The Kier molecular flexibility index (Phi) is 10.2. The molecule has 0 saturated carbocycles. The highest BCUT2D eigenvalue weighted by atomic mass is 16.4. The van der Waals surface area contributed by atoms with Gasteiger partial charge in [0.25, 0.3) is 6.01 Å². The molecule has 0 N–H and O–H groups in total. The fraction of sp³-hybridized carbons (Fsp3) is 0.387. The van der Waals surface area contributed by atoms with Gasteiger partial charge in [0.1, 0.15) is 5.52 Å². The number of nitrogens with zero attached hydrogens (tertiary/aromatic N) is 2. The first-order valence-corrected chi connectivity index (χ1v) is 12.8. The van der Waals surface area contributed by atoms with Gasteiger partial charge in [0.15, 0.2) is 5.58 Å². The summed E-state index contributed by atoms with van der Waals surface area (Å²) in [4.78, 5) is 6.67. The summed E-state index contributed by atoms with van der Waals surface area (Å²) in [5.74, 6) is 0.691. The van der Waals surface area contributed by atoms with Crippen LogP contribution in [0.4, 0.5) is 6.01 Å². The van der Waals surface area contributed by atoms with Crippen molar-refractivity contribution >= 4 is 17.1 Å². The van der Waals surface area contributed by atoms with E-state index < -0.39 is 0 Å². The predicted molar refractivity (Wildman–Crippen MR) is 146 cm³/mol. The first-order valence-electron chi connectivity index (χ1n) is 12.8. The van der Waals surface area contributed by atoms with Gasteiger partial charge < -0.3 is 9.32 Å². The molecule has 1 heterocycles. The molecule has 1 aromatic heterocycles. The van der Waals surface area contributed by atoms with E-state index in [2.05, 4.69) is 85.3 Å². The molecule has 180 valence electrons. The second-order valence-electron chi connectivity index (χ2n) is 9.35. The van der Waals surface area contributed by atoms with E-state index in [1.54, 1.807) is 0 Å². The Morgan fingerprint density at radius 2 is 1.41 bits per heavy atom. The standard InChI is InChI=1S/C28H32N2O.C3H8/c1-22(14-15-23-9-4-3-5-10-23)21-25-18-16-24(17-19-25)11-8-20-30(2)28-29-26-12-6-7-13-27(26)31-28;1-3-2/h3-7,9-10,12-13,16-19,22H,8,11,14-15,20-21H2,1-2H3;3H2,1-2H3. The Morgan fingerprint density at radius 3 is 2.12 bits per heavy atom. The molecule has 0 bridgehead atoms. The van der Waals surface area contributed by atoms with Gasteiger partial charge in [0.2, 0.25) is 0 Å². The summed E-state index contributed by atoms with van der Waals surface area (Å²) in [6.07, 6.45) is 6.92. The van der Waals surface area contributed by atoms with E-state index in [1.807, 2.05) is 31.3 Å². The summed E-state index contributed by atoms with van der Waals surface area (Å²) >= 11 is 0. The molecule has 0 aliphatic heterocycles. The zero-order valence-electron chi connectivity index (χ0n) is 21.3. The highest BCUT2D eigenvalue weighted by molar-refractivity contribution is 5.74. The van der Waals surface area contributed by atoms with E-state index in [0.29, 0.717) is 11.9 Å². The average molecular weight is 457 g/mol. The number of hydrogen-bond donors (Lipinski definition) is 0. The number of aromatic nitrogens is 1. The number of para-hydroxylation sites is 2. The maximum atomic E-state index is 5.85. The third-order valence-corrected chi connectivity index (χ3v) is 5.94. The third kappa shape index (κ3) is 8.06. The molecule has 0 spiro atoms. The van der Waals surface area contributed by atoms with Crippen LogP contribution >= 0.6 is 0 Å². The minimum atomic E-state index is 0.691. The molecule has 0 aliphatic rings. The fourth-order valence-corrected chi connectivity index (χ4v) is 4.04. The molecule has 3 heteroatoms. The number of aryl methyl sites for hydroxylation is 2. The summed E-state index contributed by atoms with van der Waals surface area (Å²) in [7, 11) is 2.05. The van der Waals surface area contributed by atoms with Crippen LogP contribution in [0.3, 0.4) is 0 Å². The molecule has 0 saturated heterocycles. The lowest BCUT2D eigenvalue weighted by Gasteiger charge is -2.14. The van der Waals surface area contributed by atoms with Crippen LogP contribution in [0.15, 0.2) is 83.3 Å². The largest absolute Gasteiger partial charge is 0.423 e. The summed E-state index contributed by atoms with van der Waals surface area (Å²) < 4.78 is 5.85. The molecule has 1 unspecified atom stereocenters. The molecule has 3 nitrogen and oxygen atoms in total. The normalized spacial score (nSPS) is 11.6. The molecule has 0 fully saturated rings. The number of anilines is 1. The average Bonchev–Trinajstić information content (AvgIpc) is 3.30. The third-order valence-electron chi connectivity index (χ3n) is 5.94. The van der Waals surface area contributed by atoms with Gasteiger partial charge in [0, 0.05) is 13.6 Å². The first-order chi connectivity index (χ1) is 16.6. The minimum Gasteiger partial charge on any atom is -0.423 e. The van der Waals surface area contributed by atoms with Gasteiger partial charge in [-0.15, -0.1) is 0 Å². The van der Waals surface area contributed by atoms with Crippen molar-refractivity contribution in [3.05, 3.63) is 95.6 Å². The molecule has 0 radical (unpaired) electrons. The number of fused-ring (bicyclic) bond motifs is 1. The van der Waals surface area contributed by atoms with Crippen molar-refractivity contribution in [3.63, 3.8) is 0 Å². The van der Waals surface area contributed by atoms with E-state index in [9.17, 15) is 0 Å². The number of hydrogen-bond acceptors (Lipinski definition) is 3. The van der Waals surface area contributed by atoms with Crippen molar-refractivity contribution in [2.24, 2.45) is 5.92 Å². The first kappa shape index (κ1) is 25.6. The van der Waals surface area contributed by atoms with Gasteiger partial charge in [-0.25, -0.2) is 0 Å². The SMILES string of the molecule is CC(CCc1ccccc1)Cc1ccc(CCCN(C)c2nc3ccccc3o2)cc1.CCC. The quantitative estimate of drug-likeness (QED) is 0.241. The monoisotopic (exact) mass is 456 g/mol. The van der Waals surface area contributed by atoms with Gasteiger partial charge in [0.05, 0.1) is 0 Å².